The highest BCUT2D eigenvalue weighted by Gasteiger charge is 2.31. The Labute approximate surface area is 180 Å². The van der Waals surface area contributed by atoms with Crippen molar-refractivity contribution in [1.82, 2.24) is 19.8 Å². The van der Waals surface area contributed by atoms with Crippen LogP contribution in [0.3, 0.4) is 0 Å². The van der Waals surface area contributed by atoms with Crippen LogP contribution in [-0.4, -0.2) is 66.4 Å². The Bertz CT molecular complexity index is 859. The van der Waals surface area contributed by atoms with Crippen LogP contribution in [0.2, 0.25) is 0 Å². The van der Waals surface area contributed by atoms with E-state index in [4.69, 9.17) is 5.21 Å². The van der Waals surface area contributed by atoms with Crippen LogP contribution < -0.4 is 10.4 Å². The van der Waals surface area contributed by atoms with Gasteiger partial charge in [0.2, 0.25) is 10.0 Å². The molecule has 1 unspecified atom stereocenters. The molecule has 2 aromatic rings. The normalized spacial score (nSPS) is 16.7. The summed E-state index contributed by atoms with van der Waals surface area (Å²) in [5.41, 5.74) is 3.21. The summed E-state index contributed by atoms with van der Waals surface area (Å²) in [5, 5.41) is 8.81. The van der Waals surface area contributed by atoms with Crippen molar-refractivity contribution in [2.75, 3.05) is 43.4 Å². The van der Waals surface area contributed by atoms with Gasteiger partial charge in [0.05, 0.1) is 5.75 Å². The van der Waals surface area contributed by atoms with Crippen molar-refractivity contribution in [3.8, 4) is 0 Å². The molecule has 0 radical (unpaired) electrons. The van der Waals surface area contributed by atoms with Crippen molar-refractivity contribution in [3.05, 3.63) is 53.0 Å². The lowest BCUT2D eigenvalue weighted by Crippen LogP contribution is -2.49. The molecule has 1 saturated heterocycles. The van der Waals surface area contributed by atoms with Gasteiger partial charge in [-0.25, -0.2) is 23.9 Å². The lowest BCUT2D eigenvalue weighted by atomic mass is 10.0. The van der Waals surface area contributed by atoms with Crippen LogP contribution in [0.1, 0.15) is 24.6 Å². The molecule has 8 nitrogen and oxygen atoms in total. The summed E-state index contributed by atoms with van der Waals surface area (Å²) in [5.74, 6) is 0.197. The van der Waals surface area contributed by atoms with E-state index < -0.39 is 10.0 Å². The molecule has 1 aromatic heterocycles. The SMILES string of the molecule is O=S(=O)(CC(CCCNO)c1ncccn1)N1CCN(c2ccc(Br)cc2)CC1. The Kier molecular flexibility index (Phi) is 7.96. The summed E-state index contributed by atoms with van der Waals surface area (Å²) in [4.78, 5) is 10.7. The van der Waals surface area contributed by atoms with Gasteiger partial charge in [-0.2, -0.15) is 4.31 Å². The van der Waals surface area contributed by atoms with E-state index in [0.29, 0.717) is 51.4 Å². The Hall–Kier alpha value is -1.59. The molecule has 0 saturated carbocycles. The predicted molar refractivity (Wildman–Crippen MR) is 116 cm³/mol. The highest BCUT2D eigenvalue weighted by Crippen LogP contribution is 2.24. The van der Waals surface area contributed by atoms with Gasteiger partial charge in [0.1, 0.15) is 5.82 Å². The van der Waals surface area contributed by atoms with Crippen molar-refractivity contribution < 1.29 is 13.6 Å². The summed E-state index contributed by atoms with van der Waals surface area (Å²) in [6.07, 6.45) is 4.47. The average Bonchev–Trinajstić information content (AvgIpc) is 2.74. The number of piperazine rings is 1. The zero-order valence-electron chi connectivity index (χ0n) is 16.1. The molecule has 2 heterocycles. The van der Waals surface area contributed by atoms with Gasteiger partial charge in [-0.3, -0.25) is 0 Å². The molecule has 0 amide bonds. The maximum atomic E-state index is 13.1. The monoisotopic (exact) mass is 483 g/mol. The number of aromatic nitrogens is 2. The third kappa shape index (κ3) is 6.19. The molecular formula is C19H26BrN5O3S. The van der Waals surface area contributed by atoms with Crippen LogP contribution in [0.25, 0.3) is 0 Å². The molecule has 1 aromatic carbocycles. The Balaban J connectivity index is 1.63. The van der Waals surface area contributed by atoms with Crippen molar-refractivity contribution in [2.45, 2.75) is 18.8 Å². The van der Waals surface area contributed by atoms with Crippen LogP contribution >= 0.6 is 15.9 Å². The highest BCUT2D eigenvalue weighted by atomic mass is 79.9. The molecule has 0 aliphatic carbocycles. The summed E-state index contributed by atoms with van der Waals surface area (Å²) in [6.45, 7) is 2.62. The van der Waals surface area contributed by atoms with E-state index in [0.717, 1.165) is 10.2 Å². The summed E-state index contributed by atoms with van der Waals surface area (Å²) >= 11 is 3.44. The summed E-state index contributed by atoms with van der Waals surface area (Å²) in [7, 11) is -3.44. The minimum Gasteiger partial charge on any atom is -0.369 e. The maximum Gasteiger partial charge on any atom is 0.214 e. The number of nitrogens with one attached hydrogen (secondary N) is 1. The average molecular weight is 484 g/mol. The van der Waals surface area contributed by atoms with E-state index in [1.54, 1.807) is 22.8 Å². The first-order valence-corrected chi connectivity index (χ1v) is 12.0. The molecule has 10 heteroatoms. The molecule has 1 aliphatic rings. The molecule has 1 fully saturated rings. The van der Waals surface area contributed by atoms with Gasteiger partial charge in [0, 0.05) is 61.2 Å². The summed E-state index contributed by atoms with van der Waals surface area (Å²) < 4.78 is 28.7. The molecule has 0 spiro atoms. The lowest BCUT2D eigenvalue weighted by molar-refractivity contribution is 0.164. The zero-order chi connectivity index (χ0) is 20.7. The second kappa shape index (κ2) is 10.4. The first kappa shape index (κ1) is 22.1. The van der Waals surface area contributed by atoms with E-state index in [1.165, 1.54) is 0 Å². The van der Waals surface area contributed by atoms with Crippen molar-refractivity contribution in [1.29, 1.82) is 0 Å². The molecule has 0 bridgehead atoms. The number of hydrogen-bond donors (Lipinski definition) is 2. The predicted octanol–water partition coefficient (Wildman–Crippen LogP) is 2.23. The van der Waals surface area contributed by atoms with Crippen molar-refractivity contribution >= 4 is 31.6 Å². The molecule has 2 N–H and O–H groups in total. The van der Waals surface area contributed by atoms with E-state index in [9.17, 15) is 8.42 Å². The first-order valence-electron chi connectivity index (χ1n) is 9.62. The topological polar surface area (TPSA) is 98.7 Å². The smallest absolute Gasteiger partial charge is 0.214 e. The largest absolute Gasteiger partial charge is 0.369 e. The number of hydrogen-bond acceptors (Lipinski definition) is 7. The van der Waals surface area contributed by atoms with Gasteiger partial charge in [0.15, 0.2) is 0 Å². The third-order valence-electron chi connectivity index (χ3n) is 5.03. The van der Waals surface area contributed by atoms with Gasteiger partial charge in [-0.05, 0) is 43.2 Å². The van der Waals surface area contributed by atoms with E-state index in [1.807, 2.05) is 24.3 Å². The number of hydroxylamine groups is 1. The second-order valence-corrected chi connectivity index (χ2v) is 9.92. The highest BCUT2D eigenvalue weighted by molar-refractivity contribution is 9.10. The maximum absolute atomic E-state index is 13.1. The van der Waals surface area contributed by atoms with Crippen LogP contribution in [0.15, 0.2) is 47.2 Å². The van der Waals surface area contributed by atoms with E-state index in [2.05, 4.69) is 36.3 Å². The lowest BCUT2D eigenvalue weighted by Gasteiger charge is -2.36. The quantitative estimate of drug-likeness (QED) is 0.416. The Morgan fingerprint density at radius 2 is 1.76 bits per heavy atom. The minimum atomic E-state index is -3.44. The fraction of sp³-hybridized carbons (Fsp3) is 0.474. The number of anilines is 1. The zero-order valence-corrected chi connectivity index (χ0v) is 18.5. The van der Waals surface area contributed by atoms with Gasteiger partial charge in [-0.15, -0.1) is 0 Å². The van der Waals surface area contributed by atoms with Gasteiger partial charge in [0.25, 0.3) is 0 Å². The first-order chi connectivity index (χ1) is 14.0. The van der Waals surface area contributed by atoms with Gasteiger partial charge in [-0.1, -0.05) is 15.9 Å². The molecule has 1 aliphatic heterocycles. The molecular weight excluding hydrogens is 458 g/mol. The summed E-state index contributed by atoms with van der Waals surface area (Å²) in [6, 6.07) is 9.76. The fourth-order valence-corrected chi connectivity index (χ4v) is 5.49. The van der Waals surface area contributed by atoms with Gasteiger partial charge < -0.3 is 10.1 Å². The Morgan fingerprint density at radius 3 is 2.38 bits per heavy atom. The number of nitrogens with zero attached hydrogens (tertiary/aromatic N) is 4. The van der Waals surface area contributed by atoms with Crippen LogP contribution in [0.5, 0.6) is 0 Å². The van der Waals surface area contributed by atoms with Crippen molar-refractivity contribution in [2.24, 2.45) is 0 Å². The fourth-order valence-electron chi connectivity index (χ4n) is 3.47. The van der Waals surface area contributed by atoms with Crippen LogP contribution in [-0.2, 0) is 10.0 Å². The number of rotatable bonds is 9. The number of benzene rings is 1. The van der Waals surface area contributed by atoms with E-state index in [-0.39, 0.29) is 11.7 Å². The van der Waals surface area contributed by atoms with Crippen LogP contribution in [0.4, 0.5) is 5.69 Å². The third-order valence-corrected chi connectivity index (χ3v) is 7.53. The number of sulfonamides is 1. The molecule has 3 rings (SSSR count). The minimum absolute atomic E-state index is 0.0271. The molecule has 158 valence electrons. The van der Waals surface area contributed by atoms with E-state index >= 15 is 0 Å². The number of halogens is 1. The van der Waals surface area contributed by atoms with Crippen LogP contribution in [0, 0.1) is 0 Å². The standard InChI is InChI=1S/C19H26BrN5O3S/c20-17-4-6-18(7-5-17)24-11-13-25(14-12-24)29(27,28)15-16(3-1-10-23-26)19-21-8-2-9-22-19/h2,4-9,16,23,26H,1,3,10-15H2. The Morgan fingerprint density at radius 1 is 1.10 bits per heavy atom. The molecule has 1 atom stereocenters. The van der Waals surface area contributed by atoms with Gasteiger partial charge >= 0.3 is 0 Å². The molecule has 29 heavy (non-hydrogen) atoms. The van der Waals surface area contributed by atoms with Crippen molar-refractivity contribution in [3.63, 3.8) is 0 Å². The second-order valence-electron chi connectivity index (χ2n) is 7.00.